The van der Waals surface area contributed by atoms with Crippen LogP contribution in [-0.4, -0.2) is 27.7 Å². The first-order valence-electron chi connectivity index (χ1n) is 7.81. The van der Waals surface area contributed by atoms with Gasteiger partial charge < -0.3 is 15.0 Å². The van der Waals surface area contributed by atoms with Gasteiger partial charge in [0, 0.05) is 12.8 Å². The van der Waals surface area contributed by atoms with Crippen molar-refractivity contribution in [3.63, 3.8) is 0 Å². The molecule has 0 fully saturated rings. The molecule has 0 aliphatic rings. The molecule has 23 heavy (non-hydrogen) atoms. The third-order valence-electron chi connectivity index (χ3n) is 3.36. The van der Waals surface area contributed by atoms with Gasteiger partial charge in [0.1, 0.15) is 5.69 Å². The SMILES string of the molecule is CCOC(=O)CCCCCc1nc(-c2ncc(N)cc2C)no1. The van der Waals surface area contributed by atoms with Gasteiger partial charge in [-0.1, -0.05) is 11.6 Å². The van der Waals surface area contributed by atoms with E-state index in [-0.39, 0.29) is 5.97 Å². The monoisotopic (exact) mass is 318 g/mol. The molecule has 0 aliphatic carbocycles. The van der Waals surface area contributed by atoms with Crippen LogP contribution < -0.4 is 5.73 Å². The summed E-state index contributed by atoms with van der Waals surface area (Å²) in [4.78, 5) is 19.8. The van der Waals surface area contributed by atoms with Crippen LogP contribution in [0.2, 0.25) is 0 Å². The van der Waals surface area contributed by atoms with Gasteiger partial charge >= 0.3 is 5.97 Å². The zero-order valence-corrected chi connectivity index (χ0v) is 13.5. The van der Waals surface area contributed by atoms with Crippen molar-refractivity contribution in [1.29, 1.82) is 0 Å². The topological polar surface area (TPSA) is 104 Å². The van der Waals surface area contributed by atoms with Crippen molar-refractivity contribution in [1.82, 2.24) is 15.1 Å². The number of esters is 1. The van der Waals surface area contributed by atoms with Gasteiger partial charge in [-0.2, -0.15) is 4.98 Å². The van der Waals surface area contributed by atoms with Crippen molar-refractivity contribution in [2.24, 2.45) is 0 Å². The van der Waals surface area contributed by atoms with Crippen LogP contribution in [0.4, 0.5) is 5.69 Å². The van der Waals surface area contributed by atoms with E-state index in [4.69, 9.17) is 15.0 Å². The van der Waals surface area contributed by atoms with E-state index in [2.05, 4.69) is 15.1 Å². The molecule has 7 nitrogen and oxygen atoms in total. The van der Waals surface area contributed by atoms with Crippen LogP contribution in [0.25, 0.3) is 11.5 Å². The minimum atomic E-state index is -0.141. The van der Waals surface area contributed by atoms with E-state index in [0.29, 0.717) is 42.5 Å². The number of unbranched alkanes of at least 4 members (excludes halogenated alkanes) is 2. The van der Waals surface area contributed by atoms with Gasteiger partial charge in [0.2, 0.25) is 11.7 Å². The Hall–Kier alpha value is -2.44. The van der Waals surface area contributed by atoms with Crippen LogP contribution >= 0.6 is 0 Å². The number of carbonyl (C=O) groups is 1. The third-order valence-corrected chi connectivity index (χ3v) is 3.36. The highest BCUT2D eigenvalue weighted by molar-refractivity contribution is 5.69. The first kappa shape index (κ1) is 16.9. The van der Waals surface area contributed by atoms with Crippen molar-refractivity contribution in [2.45, 2.75) is 46.0 Å². The minimum absolute atomic E-state index is 0.141. The molecule has 0 aromatic carbocycles. The lowest BCUT2D eigenvalue weighted by atomic mass is 10.1. The standard InChI is InChI=1S/C16H22N4O3/c1-3-22-14(21)8-6-4-5-7-13-19-16(20-23-13)15-11(2)9-12(17)10-18-15/h9-10H,3-8,17H2,1-2H3. The number of pyridine rings is 1. The number of anilines is 1. The molecule has 0 aliphatic heterocycles. The van der Waals surface area contributed by atoms with E-state index in [1.54, 1.807) is 6.20 Å². The molecule has 2 heterocycles. The molecule has 0 saturated heterocycles. The smallest absolute Gasteiger partial charge is 0.305 e. The van der Waals surface area contributed by atoms with Gasteiger partial charge in [0.15, 0.2) is 0 Å². The van der Waals surface area contributed by atoms with E-state index < -0.39 is 0 Å². The summed E-state index contributed by atoms with van der Waals surface area (Å²) in [7, 11) is 0. The molecule has 0 radical (unpaired) electrons. The van der Waals surface area contributed by atoms with Crippen LogP contribution in [-0.2, 0) is 16.0 Å². The second-order valence-corrected chi connectivity index (χ2v) is 5.31. The molecule has 0 spiro atoms. The Bertz CT molecular complexity index is 655. The molecule has 0 bridgehead atoms. The largest absolute Gasteiger partial charge is 0.466 e. The lowest BCUT2D eigenvalue weighted by Gasteiger charge is -2.01. The predicted molar refractivity (Wildman–Crippen MR) is 85.5 cm³/mol. The van der Waals surface area contributed by atoms with Crippen LogP contribution in [0.5, 0.6) is 0 Å². The Labute approximate surface area is 135 Å². The number of rotatable bonds is 8. The molecular weight excluding hydrogens is 296 g/mol. The van der Waals surface area contributed by atoms with E-state index in [1.807, 2.05) is 19.9 Å². The number of nitrogens with zero attached hydrogens (tertiary/aromatic N) is 3. The van der Waals surface area contributed by atoms with Crippen LogP contribution in [0.1, 0.15) is 44.1 Å². The number of carbonyl (C=O) groups excluding carboxylic acids is 1. The van der Waals surface area contributed by atoms with E-state index in [1.165, 1.54) is 0 Å². The fourth-order valence-corrected chi connectivity index (χ4v) is 2.24. The number of hydrogen-bond acceptors (Lipinski definition) is 7. The summed E-state index contributed by atoms with van der Waals surface area (Å²) in [6.45, 7) is 4.15. The normalized spacial score (nSPS) is 10.7. The van der Waals surface area contributed by atoms with Crippen molar-refractivity contribution in [2.75, 3.05) is 12.3 Å². The molecule has 2 aromatic heterocycles. The zero-order valence-electron chi connectivity index (χ0n) is 13.5. The average Bonchev–Trinajstić information content (AvgIpc) is 2.95. The number of aryl methyl sites for hydroxylation is 2. The summed E-state index contributed by atoms with van der Waals surface area (Å²) >= 11 is 0. The molecule has 7 heteroatoms. The van der Waals surface area contributed by atoms with E-state index in [9.17, 15) is 4.79 Å². The molecule has 0 unspecified atom stereocenters. The van der Waals surface area contributed by atoms with Crippen LogP contribution in [0.15, 0.2) is 16.8 Å². The third kappa shape index (κ3) is 5.05. The quantitative estimate of drug-likeness (QED) is 0.589. The van der Waals surface area contributed by atoms with E-state index in [0.717, 1.165) is 24.8 Å². The summed E-state index contributed by atoms with van der Waals surface area (Å²) in [6.07, 6.45) is 5.32. The van der Waals surface area contributed by atoms with Crippen LogP contribution in [0, 0.1) is 6.92 Å². The number of aromatic nitrogens is 3. The minimum Gasteiger partial charge on any atom is -0.466 e. The van der Waals surface area contributed by atoms with Gasteiger partial charge in [-0.15, -0.1) is 0 Å². The van der Waals surface area contributed by atoms with Gasteiger partial charge in [-0.3, -0.25) is 9.78 Å². The van der Waals surface area contributed by atoms with Gasteiger partial charge in [0.05, 0.1) is 18.5 Å². The summed E-state index contributed by atoms with van der Waals surface area (Å²) in [6, 6.07) is 1.83. The Morgan fingerprint density at radius 3 is 2.91 bits per heavy atom. The zero-order chi connectivity index (χ0) is 16.7. The number of nitrogen functional groups attached to an aromatic ring is 1. The van der Waals surface area contributed by atoms with Crippen LogP contribution in [0.3, 0.4) is 0 Å². The lowest BCUT2D eigenvalue weighted by Crippen LogP contribution is -2.03. The second-order valence-electron chi connectivity index (χ2n) is 5.31. The lowest BCUT2D eigenvalue weighted by molar-refractivity contribution is -0.143. The summed E-state index contributed by atoms with van der Waals surface area (Å²) in [5, 5.41) is 3.96. The highest BCUT2D eigenvalue weighted by atomic mass is 16.5. The average molecular weight is 318 g/mol. The van der Waals surface area contributed by atoms with Crippen molar-refractivity contribution >= 4 is 11.7 Å². The highest BCUT2D eigenvalue weighted by Gasteiger charge is 2.12. The molecule has 0 amide bonds. The molecule has 0 atom stereocenters. The van der Waals surface area contributed by atoms with Gasteiger partial charge in [-0.25, -0.2) is 0 Å². The summed E-state index contributed by atoms with van der Waals surface area (Å²) in [5.74, 6) is 0.913. The molecule has 2 N–H and O–H groups in total. The summed E-state index contributed by atoms with van der Waals surface area (Å²) in [5.41, 5.74) is 7.88. The molecule has 124 valence electrons. The van der Waals surface area contributed by atoms with Crippen molar-refractivity contribution in [3.05, 3.63) is 23.7 Å². The Kier molecular flexibility index (Phi) is 6.08. The molecule has 0 saturated carbocycles. The fourth-order valence-electron chi connectivity index (χ4n) is 2.24. The highest BCUT2D eigenvalue weighted by Crippen LogP contribution is 2.20. The second kappa shape index (κ2) is 8.26. The fraction of sp³-hybridized carbons (Fsp3) is 0.500. The van der Waals surface area contributed by atoms with Gasteiger partial charge in [-0.05, 0) is 38.3 Å². The Morgan fingerprint density at radius 2 is 2.17 bits per heavy atom. The van der Waals surface area contributed by atoms with Gasteiger partial charge in [0.25, 0.3) is 0 Å². The van der Waals surface area contributed by atoms with Crippen molar-refractivity contribution < 1.29 is 14.1 Å². The Morgan fingerprint density at radius 1 is 1.35 bits per heavy atom. The number of hydrogen-bond donors (Lipinski definition) is 1. The number of ether oxygens (including phenoxy) is 1. The van der Waals surface area contributed by atoms with E-state index >= 15 is 0 Å². The maximum absolute atomic E-state index is 11.2. The maximum atomic E-state index is 11.2. The molecule has 2 rings (SSSR count). The number of nitrogens with two attached hydrogens (primary N) is 1. The van der Waals surface area contributed by atoms with Crippen molar-refractivity contribution in [3.8, 4) is 11.5 Å². The predicted octanol–water partition coefficient (Wildman–Crippen LogP) is 2.69. The first-order chi connectivity index (χ1) is 11.1. The molecular formula is C16H22N4O3. The maximum Gasteiger partial charge on any atom is 0.305 e. The first-order valence-corrected chi connectivity index (χ1v) is 7.81. The molecule has 2 aromatic rings. The Balaban J connectivity index is 1.80. The summed E-state index contributed by atoms with van der Waals surface area (Å²) < 4.78 is 10.1.